The number of hydrogen-bond acceptors (Lipinski definition) is 3. The van der Waals surface area contributed by atoms with Crippen LogP contribution >= 0.6 is 11.8 Å². The maximum atomic E-state index is 5.63. The van der Waals surface area contributed by atoms with Gasteiger partial charge in [0.1, 0.15) is 0 Å². The molecule has 0 saturated heterocycles. The average Bonchev–Trinajstić information content (AvgIpc) is 2.91. The highest BCUT2D eigenvalue weighted by atomic mass is 32.2. The monoisotopic (exact) mass is 297 g/mol. The predicted octanol–water partition coefficient (Wildman–Crippen LogP) is 3.81. The highest BCUT2D eigenvalue weighted by Crippen LogP contribution is 2.27. The second-order valence-electron chi connectivity index (χ2n) is 4.92. The van der Waals surface area contributed by atoms with Crippen LogP contribution in [0.3, 0.4) is 0 Å². The van der Waals surface area contributed by atoms with Gasteiger partial charge in [-0.15, -0.1) is 11.8 Å². The Hall–Kier alpha value is -1.78. The molecule has 0 aliphatic carbocycles. The van der Waals surface area contributed by atoms with Crippen LogP contribution in [0, 0.1) is 0 Å². The molecule has 0 unspecified atom stereocenters. The number of thioether (sulfide) groups is 1. The van der Waals surface area contributed by atoms with Gasteiger partial charge in [0, 0.05) is 29.1 Å². The lowest BCUT2D eigenvalue weighted by Gasteiger charge is -2.01. The first-order valence-corrected chi connectivity index (χ1v) is 8.16. The normalized spacial score (nSPS) is 11.1. The fourth-order valence-electron chi connectivity index (χ4n) is 2.42. The van der Waals surface area contributed by atoms with Crippen LogP contribution in [0.4, 0.5) is 0 Å². The van der Waals surface area contributed by atoms with E-state index in [1.165, 1.54) is 21.4 Å². The average molecular weight is 297 g/mol. The topological polar surface area (TPSA) is 43.8 Å². The van der Waals surface area contributed by atoms with Gasteiger partial charge < -0.3 is 5.73 Å². The van der Waals surface area contributed by atoms with Gasteiger partial charge in [-0.05, 0) is 30.7 Å². The van der Waals surface area contributed by atoms with Gasteiger partial charge in [-0.2, -0.15) is 5.10 Å². The summed E-state index contributed by atoms with van der Waals surface area (Å²) in [4.78, 5) is 1.25. The molecule has 1 heterocycles. The second-order valence-corrected chi connectivity index (χ2v) is 5.97. The Kier molecular flexibility index (Phi) is 4.27. The van der Waals surface area contributed by atoms with Gasteiger partial charge in [-0.1, -0.05) is 30.3 Å². The van der Waals surface area contributed by atoms with Crippen molar-refractivity contribution in [3.8, 4) is 0 Å². The summed E-state index contributed by atoms with van der Waals surface area (Å²) in [5.74, 6) is 0.884. The van der Waals surface area contributed by atoms with Crippen LogP contribution < -0.4 is 5.73 Å². The predicted molar refractivity (Wildman–Crippen MR) is 89.3 cm³/mol. The zero-order chi connectivity index (χ0) is 14.7. The summed E-state index contributed by atoms with van der Waals surface area (Å²) in [7, 11) is 0. The molecule has 0 spiro atoms. The Labute approximate surface area is 129 Å². The summed E-state index contributed by atoms with van der Waals surface area (Å²) in [6.45, 7) is 3.62. The SMILES string of the molecule is CCn1nc(CSc2ccc(CN)cc2)c2ccccc21. The summed E-state index contributed by atoms with van der Waals surface area (Å²) in [5, 5.41) is 5.99. The minimum absolute atomic E-state index is 0.594. The highest BCUT2D eigenvalue weighted by Gasteiger charge is 2.09. The first-order valence-electron chi connectivity index (χ1n) is 7.18. The molecule has 0 atom stereocenters. The van der Waals surface area contributed by atoms with E-state index in [0.717, 1.165) is 18.0 Å². The molecule has 3 nitrogen and oxygen atoms in total. The van der Waals surface area contributed by atoms with E-state index in [-0.39, 0.29) is 0 Å². The molecule has 2 N–H and O–H groups in total. The Balaban J connectivity index is 1.81. The number of para-hydroxylation sites is 1. The smallest absolute Gasteiger partial charge is 0.0805 e. The fraction of sp³-hybridized carbons (Fsp3) is 0.235. The minimum atomic E-state index is 0.594. The molecule has 3 rings (SSSR count). The molecule has 21 heavy (non-hydrogen) atoms. The van der Waals surface area contributed by atoms with Crippen LogP contribution in [0.2, 0.25) is 0 Å². The summed E-state index contributed by atoms with van der Waals surface area (Å²) in [6, 6.07) is 16.9. The van der Waals surface area contributed by atoms with E-state index < -0.39 is 0 Å². The van der Waals surface area contributed by atoms with Gasteiger partial charge in [0.15, 0.2) is 0 Å². The quantitative estimate of drug-likeness (QED) is 0.728. The summed E-state index contributed by atoms with van der Waals surface area (Å²) in [5.41, 5.74) is 9.16. The van der Waals surface area contributed by atoms with Crippen molar-refractivity contribution >= 4 is 22.7 Å². The minimum Gasteiger partial charge on any atom is -0.326 e. The zero-order valence-electron chi connectivity index (χ0n) is 12.1. The van der Waals surface area contributed by atoms with E-state index >= 15 is 0 Å². The fourth-order valence-corrected chi connectivity index (χ4v) is 3.26. The van der Waals surface area contributed by atoms with Gasteiger partial charge in [-0.25, -0.2) is 0 Å². The van der Waals surface area contributed by atoms with Crippen molar-refractivity contribution in [3.05, 3.63) is 59.8 Å². The van der Waals surface area contributed by atoms with Crippen LogP contribution in [-0.2, 0) is 18.8 Å². The second kappa shape index (κ2) is 6.33. The van der Waals surface area contributed by atoms with E-state index in [1.807, 2.05) is 11.8 Å². The van der Waals surface area contributed by atoms with Crippen LogP contribution in [0.5, 0.6) is 0 Å². The van der Waals surface area contributed by atoms with E-state index in [4.69, 9.17) is 10.8 Å². The zero-order valence-corrected chi connectivity index (χ0v) is 12.9. The molecule has 3 aromatic rings. The van der Waals surface area contributed by atoms with Crippen LogP contribution in [0.1, 0.15) is 18.2 Å². The van der Waals surface area contributed by atoms with Crippen molar-refractivity contribution in [3.63, 3.8) is 0 Å². The first kappa shape index (κ1) is 14.2. The van der Waals surface area contributed by atoms with Crippen LogP contribution in [-0.4, -0.2) is 9.78 Å². The lowest BCUT2D eigenvalue weighted by molar-refractivity contribution is 0.675. The number of rotatable bonds is 5. The van der Waals surface area contributed by atoms with Crippen molar-refractivity contribution in [1.82, 2.24) is 9.78 Å². The van der Waals surface area contributed by atoms with E-state index in [2.05, 4.69) is 60.1 Å². The largest absolute Gasteiger partial charge is 0.326 e. The Morgan fingerprint density at radius 2 is 1.86 bits per heavy atom. The van der Waals surface area contributed by atoms with Gasteiger partial charge in [0.2, 0.25) is 0 Å². The van der Waals surface area contributed by atoms with Gasteiger partial charge in [0.05, 0.1) is 11.2 Å². The number of aromatic nitrogens is 2. The Bertz CT molecular complexity index is 731. The molecule has 1 aromatic heterocycles. The van der Waals surface area contributed by atoms with Crippen molar-refractivity contribution in [2.75, 3.05) is 0 Å². The molecule has 4 heteroatoms. The first-order chi connectivity index (χ1) is 10.3. The number of nitrogens with two attached hydrogens (primary N) is 1. The summed E-state index contributed by atoms with van der Waals surface area (Å²) >= 11 is 1.81. The molecule has 0 fully saturated rings. The number of fused-ring (bicyclic) bond motifs is 1. The van der Waals surface area contributed by atoms with Gasteiger partial charge in [0.25, 0.3) is 0 Å². The van der Waals surface area contributed by atoms with Crippen molar-refractivity contribution in [2.45, 2.75) is 30.7 Å². The van der Waals surface area contributed by atoms with Crippen LogP contribution in [0.25, 0.3) is 10.9 Å². The lowest BCUT2D eigenvalue weighted by atomic mass is 10.2. The molecule has 0 aliphatic heterocycles. The number of hydrogen-bond donors (Lipinski definition) is 1. The lowest BCUT2D eigenvalue weighted by Crippen LogP contribution is -1.96. The molecule has 0 bridgehead atoms. The van der Waals surface area contributed by atoms with Crippen molar-refractivity contribution in [2.24, 2.45) is 5.73 Å². The third-order valence-corrected chi connectivity index (χ3v) is 4.59. The molecule has 108 valence electrons. The highest BCUT2D eigenvalue weighted by molar-refractivity contribution is 7.98. The molecule has 2 aromatic carbocycles. The Morgan fingerprint density at radius 3 is 2.57 bits per heavy atom. The summed E-state index contributed by atoms with van der Waals surface area (Å²) in [6.07, 6.45) is 0. The maximum absolute atomic E-state index is 5.63. The molecule has 0 amide bonds. The third kappa shape index (κ3) is 2.96. The number of nitrogens with zero attached hydrogens (tertiary/aromatic N) is 2. The van der Waals surface area contributed by atoms with E-state index in [1.54, 1.807) is 0 Å². The van der Waals surface area contributed by atoms with Gasteiger partial charge >= 0.3 is 0 Å². The number of aryl methyl sites for hydroxylation is 1. The van der Waals surface area contributed by atoms with E-state index in [0.29, 0.717) is 6.54 Å². The van der Waals surface area contributed by atoms with Crippen molar-refractivity contribution in [1.29, 1.82) is 0 Å². The number of benzene rings is 2. The molecule has 0 aliphatic rings. The molecule has 0 saturated carbocycles. The third-order valence-electron chi connectivity index (χ3n) is 3.57. The standard InChI is InChI=1S/C17H19N3S/c1-2-20-17-6-4-3-5-15(17)16(19-20)12-21-14-9-7-13(11-18)8-10-14/h3-10H,2,11-12,18H2,1H3. The molecular weight excluding hydrogens is 278 g/mol. The van der Waals surface area contributed by atoms with E-state index in [9.17, 15) is 0 Å². The summed E-state index contributed by atoms with van der Waals surface area (Å²) < 4.78 is 2.07. The molecule has 0 radical (unpaired) electrons. The Morgan fingerprint density at radius 1 is 1.10 bits per heavy atom. The van der Waals surface area contributed by atoms with Crippen molar-refractivity contribution < 1.29 is 0 Å². The molecular formula is C17H19N3S. The van der Waals surface area contributed by atoms with Gasteiger partial charge in [-0.3, -0.25) is 4.68 Å². The maximum Gasteiger partial charge on any atom is 0.0805 e. The van der Waals surface area contributed by atoms with Crippen LogP contribution in [0.15, 0.2) is 53.4 Å².